The summed E-state index contributed by atoms with van der Waals surface area (Å²) in [5, 5.41) is 14.1. The third-order valence-electron chi connectivity index (χ3n) is 2.58. The molecule has 0 aliphatic carbocycles. The summed E-state index contributed by atoms with van der Waals surface area (Å²) in [6, 6.07) is 3.01. The fourth-order valence-electron chi connectivity index (χ4n) is 1.57. The van der Waals surface area contributed by atoms with Crippen LogP contribution in [0.1, 0.15) is 34.9 Å². The van der Waals surface area contributed by atoms with Crippen LogP contribution in [-0.2, 0) is 11.3 Å². The van der Waals surface area contributed by atoms with Crippen molar-refractivity contribution in [1.29, 1.82) is 0 Å². The maximum Gasteiger partial charge on any atom is 0.373 e. The molecular weight excluding hydrogens is 236 g/mol. The molecule has 18 heavy (non-hydrogen) atoms. The van der Waals surface area contributed by atoms with Gasteiger partial charge in [-0.2, -0.15) is 5.10 Å². The Morgan fingerprint density at radius 2 is 2.39 bits per heavy atom. The Kier molecular flexibility index (Phi) is 3.47. The Labute approximate surface area is 104 Å². The zero-order valence-electron chi connectivity index (χ0n) is 10.2. The van der Waals surface area contributed by atoms with Gasteiger partial charge in [0.25, 0.3) is 0 Å². The lowest BCUT2D eigenvalue weighted by Gasteiger charge is -2.04. The van der Waals surface area contributed by atoms with Crippen molar-refractivity contribution in [2.45, 2.75) is 19.6 Å². The average Bonchev–Trinajstić information content (AvgIpc) is 3.05. The van der Waals surface area contributed by atoms with E-state index >= 15 is 0 Å². The molecule has 0 aromatic carbocycles. The van der Waals surface area contributed by atoms with Crippen LogP contribution in [0.5, 0.6) is 0 Å². The van der Waals surface area contributed by atoms with E-state index in [-0.39, 0.29) is 11.5 Å². The molecule has 2 rings (SSSR count). The zero-order chi connectivity index (χ0) is 13.1. The summed E-state index contributed by atoms with van der Waals surface area (Å²) in [6.07, 6.45) is 2.35. The number of aliphatic hydroxyl groups excluding tert-OH is 1. The molecule has 0 amide bonds. The fraction of sp³-hybridized carbons (Fsp3) is 0.333. The van der Waals surface area contributed by atoms with Crippen molar-refractivity contribution in [1.82, 2.24) is 9.78 Å². The second-order valence-electron chi connectivity index (χ2n) is 3.73. The minimum Gasteiger partial charge on any atom is -0.463 e. The number of aryl methyl sites for hydroxylation is 1. The molecular formula is C12H14N2O4. The van der Waals surface area contributed by atoms with E-state index in [4.69, 9.17) is 4.42 Å². The maximum atomic E-state index is 11.2. The van der Waals surface area contributed by atoms with E-state index in [0.717, 1.165) is 6.54 Å². The van der Waals surface area contributed by atoms with Crippen molar-refractivity contribution >= 4 is 5.97 Å². The first-order valence-corrected chi connectivity index (χ1v) is 5.54. The largest absolute Gasteiger partial charge is 0.463 e. The summed E-state index contributed by atoms with van der Waals surface area (Å²) >= 11 is 0. The smallest absolute Gasteiger partial charge is 0.373 e. The number of rotatable bonds is 4. The molecule has 0 aliphatic heterocycles. The molecule has 1 unspecified atom stereocenters. The molecule has 0 bridgehead atoms. The van der Waals surface area contributed by atoms with Crippen molar-refractivity contribution in [3.8, 4) is 0 Å². The van der Waals surface area contributed by atoms with E-state index in [1.54, 1.807) is 23.1 Å². The normalized spacial score (nSPS) is 12.4. The van der Waals surface area contributed by atoms with Gasteiger partial charge in [0.15, 0.2) is 0 Å². The first kappa shape index (κ1) is 12.4. The standard InChI is InChI=1S/C12H14N2O4/c1-3-14-7-8(6-13-14)11(15)9-4-5-10(18-9)12(16)17-2/h4-7,11,15H,3H2,1-2H3. The SMILES string of the molecule is CCn1cc(C(O)c2ccc(C(=O)OC)o2)cn1. The predicted octanol–water partition coefficient (Wildman–Crippen LogP) is 1.36. The molecule has 2 aromatic rings. The summed E-state index contributed by atoms with van der Waals surface area (Å²) in [5.41, 5.74) is 0.614. The summed E-state index contributed by atoms with van der Waals surface area (Å²) < 4.78 is 11.5. The number of hydrogen-bond donors (Lipinski definition) is 1. The Morgan fingerprint density at radius 3 is 3.00 bits per heavy atom. The van der Waals surface area contributed by atoms with E-state index in [2.05, 4.69) is 9.84 Å². The van der Waals surface area contributed by atoms with Crippen molar-refractivity contribution in [3.05, 3.63) is 41.6 Å². The van der Waals surface area contributed by atoms with Crippen LogP contribution in [0.4, 0.5) is 0 Å². The molecule has 6 heteroatoms. The van der Waals surface area contributed by atoms with Crippen LogP contribution in [0, 0.1) is 0 Å². The zero-order valence-corrected chi connectivity index (χ0v) is 10.2. The van der Waals surface area contributed by atoms with Gasteiger partial charge < -0.3 is 14.3 Å². The van der Waals surface area contributed by atoms with Gasteiger partial charge >= 0.3 is 5.97 Å². The number of esters is 1. The van der Waals surface area contributed by atoms with Crippen LogP contribution in [0.2, 0.25) is 0 Å². The lowest BCUT2D eigenvalue weighted by molar-refractivity contribution is 0.0558. The number of nitrogens with zero attached hydrogens (tertiary/aromatic N) is 2. The van der Waals surface area contributed by atoms with Gasteiger partial charge in [-0.05, 0) is 19.1 Å². The molecule has 96 valence electrons. The summed E-state index contributed by atoms with van der Waals surface area (Å²) in [4.78, 5) is 11.2. The van der Waals surface area contributed by atoms with Gasteiger partial charge in [-0.3, -0.25) is 4.68 Å². The average molecular weight is 250 g/mol. The fourth-order valence-corrected chi connectivity index (χ4v) is 1.57. The number of carbonyl (C=O) groups is 1. The van der Waals surface area contributed by atoms with Crippen LogP contribution in [0.15, 0.2) is 28.9 Å². The van der Waals surface area contributed by atoms with E-state index < -0.39 is 12.1 Å². The molecule has 0 aliphatic rings. The molecule has 0 fully saturated rings. The summed E-state index contributed by atoms with van der Waals surface area (Å²) in [6.45, 7) is 2.67. The van der Waals surface area contributed by atoms with Gasteiger partial charge in [0.2, 0.25) is 5.76 Å². The molecule has 1 N–H and O–H groups in total. The molecule has 2 aromatic heterocycles. The van der Waals surface area contributed by atoms with Crippen LogP contribution in [0.3, 0.4) is 0 Å². The van der Waals surface area contributed by atoms with Crippen molar-refractivity contribution < 1.29 is 19.1 Å². The summed E-state index contributed by atoms with van der Waals surface area (Å²) in [5.74, 6) is -0.224. The Balaban J connectivity index is 2.20. The number of ether oxygens (including phenoxy) is 1. The highest BCUT2D eigenvalue weighted by Gasteiger charge is 2.19. The van der Waals surface area contributed by atoms with Gasteiger partial charge in [0, 0.05) is 18.3 Å². The molecule has 0 radical (unpaired) electrons. The van der Waals surface area contributed by atoms with Gasteiger partial charge in [0.1, 0.15) is 11.9 Å². The number of furan rings is 1. The predicted molar refractivity (Wildman–Crippen MR) is 62.0 cm³/mol. The van der Waals surface area contributed by atoms with E-state index in [1.807, 2.05) is 6.92 Å². The second kappa shape index (κ2) is 5.05. The Hall–Kier alpha value is -2.08. The van der Waals surface area contributed by atoms with Gasteiger partial charge in [0.05, 0.1) is 13.3 Å². The van der Waals surface area contributed by atoms with E-state index in [1.165, 1.54) is 13.2 Å². The lowest BCUT2D eigenvalue weighted by Crippen LogP contribution is -2.00. The first-order chi connectivity index (χ1) is 8.65. The summed E-state index contributed by atoms with van der Waals surface area (Å²) in [7, 11) is 1.27. The van der Waals surface area contributed by atoms with Crippen LogP contribution in [0.25, 0.3) is 0 Å². The minimum absolute atomic E-state index is 0.0643. The number of hydrogen-bond acceptors (Lipinski definition) is 5. The minimum atomic E-state index is -0.941. The number of aromatic nitrogens is 2. The Morgan fingerprint density at radius 1 is 1.61 bits per heavy atom. The molecule has 1 atom stereocenters. The first-order valence-electron chi connectivity index (χ1n) is 5.54. The van der Waals surface area contributed by atoms with E-state index in [9.17, 15) is 9.90 Å². The highest BCUT2D eigenvalue weighted by Crippen LogP contribution is 2.23. The van der Waals surface area contributed by atoms with Crippen LogP contribution < -0.4 is 0 Å². The van der Waals surface area contributed by atoms with E-state index in [0.29, 0.717) is 5.56 Å². The van der Waals surface area contributed by atoms with Crippen molar-refractivity contribution in [3.63, 3.8) is 0 Å². The van der Waals surface area contributed by atoms with Crippen LogP contribution in [-0.4, -0.2) is 28.0 Å². The monoisotopic (exact) mass is 250 g/mol. The number of methoxy groups -OCH3 is 1. The maximum absolute atomic E-state index is 11.2. The highest BCUT2D eigenvalue weighted by molar-refractivity contribution is 5.86. The molecule has 0 spiro atoms. The molecule has 0 saturated carbocycles. The number of aliphatic hydroxyl groups is 1. The van der Waals surface area contributed by atoms with Crippen molar-refractivity contribution in [2.24, 2.45) is 0 Å². The quantitative estimate of drug-likeness (QED) is 0.829. The third kappa shape index (κ3) is 2.28. The van der Waals surface area contributed by atoms with Gasteiger partial charge in [-0.25, -0.2) is 4.79 Å². The van der Waals surface area contributed by atoms with Gasteiger partial charge in [-0.15, -0.1) is 0 Å². The molecule has 0 saturated heterocycles. The topological polar surface area (TPSA) is 77.5 Å². The van der Waals surface area contributed by atoms with Crippen LogP contribution >= 0.6 is 0 Å². The number of carbonyl (C=O) groups excluding carboxylic acids is 1. The lowest BCUT2D eigenvalue weighted by atomic mass is 10.1. The van der Waals surface area contributed by atoms with Gasteiger partial charge in [-0.1, -0.05) is 0 Å². The highest BCUT2D eigenvalue weighted by atomic mass is 16.5. The Bertz CT molecular complexity index is 544. The molecule has 2 heterocycles. The third-order valence-corrected chi connectivity index (χ3v) is 2.58. The molecule has 6 nitrogen and oxygen atoms in total. The van der Waals surface area contributed by atoms with Crippen molar-refractivity contribution in [2.75, 3.05) is 7.11 Å². The second-order valence-corrected chi connectivity index (χ2v) is 3.73.